The van der Waals surface area contributed by atoms with Gasteiger partial charge < -0.3 is 19.5 Å². The number of pyridine rings is 1. The second kappa shape index (κ2) is 6.98. The number of hydrogen-bond acceptors (Lipinski definition) is 6. The molecule has 25 heavy (non-hydrogen) atoms. The van der Waals surface area contributed by atoms with Gasteiger partial charge in [0.1, 0.15) is 6.33 Å². The number of fused-ring (bicyclic) bond motifs is 1. The summed E-state index contributed by atoms with van der Waals surface area (Å²) >= 11 is 3.40. The molecule has 0 aliphatic rings. The van der Waals surface area contributed by atoms with Gasteiger partial charge in [0.05, 0.1) is 37.1 Å². The van der Waals surface area contributed by atoms with E-state index in [1.807, 2.05) is 0 Å². The van der Waals surface area contributed by atoms with Gasteiger partial charge in [0.15, 0.2) is 17.1 Å². The van der Waals surface area contributed by atoms with Gasteiger partial charge in [-0.1, -0.05) is 0 Å². The van der Waals surface area contributed by atoms with Crippen LogP contribution in [0, 0.1) is 0 Å². The number of anilines is 1. The van der Waals surface area contributed by atoms with Gasteiger partial charge in [0.25, 0.3) is 5.91 Å². The Hall–Kier alpha value is -2.81. The molecule has 0 spiro atoms. The van der Waals surface area contributed by atoms with E-state index in [4.69, 9.17) is 14.2 Å². The smallest absolute Gasteiger partial charge is 0.257 e. The average molecular weight is 407 g/mol. The molecule has 3 rings (SSSR count). The summed E-state index contributed by atoms with van der Waals surface area (Å²) in [6.07, 6.45) is 3.28. The van der Waals surface area contributed by atoms with Gasteiger partial charge in [-0.05, 0) is 34.1 Å². The number of carbonyl (C=O) groups excluding carboxylic acids is 1. The highest BCUT2D eigenvalue weighted by atomic mass is 79.9. The number of halogens is 1. The first-order valence-corrected chi connectivity index (χ1v) is 7.97. The van der Waals surface area contributed by atoms with Gasteiger partial charge >= 0.3 is 0 Å². The molecule has 1 N–H and O–H groups in total. The molecular weight excluding hydrogens is 392 g/mol. The molecular formula is C16H15BrN4O4. The molecule has 9 heteroatoms. The molecule has 3 aromatic rings. The van der Waals surface area contributed by atoms with Crippen LogP contribution in [-0.4, -0.2) is 41.8 Å². The number of aromatic nitrogens is 3. The van der Waals surface area contributed by atoms with Gasteiger partial charge in [-0.3, -0.25) is 9.20 Å². The Morgan fingerprint density at radius 2 is 1.92 bits per heavy atom. The highest BCUT2D eigenvalue weighted by Gasteiger charge is 2.23. The van der Waals surface area contributed by atoms with E-state index >= 15 is 0 Å². The minimum absolute atomic E-state index is 0.335. The molecule has 0 aliphatic carbocycles. The van der Waals surface area contributed by atoms with Crippen LogP contribution in [0.2, 0.25) is 0 Å². The van der Waals surface area contributed by atoms with Crippen LogP contribution < -0.4 is 19.5 Å². The van der Waals surface area contributed by atoms with E-state index < -0.39 is 0 Å². The van der Waals surface area contributed by atoms with Crippen LogP contribution in [0.1, 0.15) is 10.4 Å². The highest BCUT2D eigenvalue weighted by molar-refractivity contribution is 9.10. The molecule has 0 bridgehead atoms. The molecule has 130 valence electrons. The largest absolute Gasteiger partial charge is 0.493 e. The van der Waals surface area contributed by atoms with Crippen LogP contribution in [0.3, 0.4) is 0 Å². The molecule has 8 nitrogen and oxygen atoms in total. The van der Waals surface area contributed by atoms with Crippen molar-refractivity contribution in [2.75, 3.05) is 26.6 Å². The molecule has 0 saturated carbocycles. The van der Waals surface area contributed by atoms with Crippen LogP contribution >= 0.6 is 15.9 Å². The summed E-state index contributed by atoms with van der Waals surface area (Å²) in [7, 11) is 4.48. The van der Waals surface area contributed by atoms with Crippen molar-refractivity contribution < 1.29 is 19.0 Å². The van der Waals surface area contributed by atoms with Crippen LogP contribution in [0.5, 0.6) is 17.2 Å². The maximum Gasteiger partial charge on any atom is 0.257 e. The minimum atomic E-state index is -0.335. The van der Waals surface area contributed by atoms with Crippen molar-refractivity contribution in [3.63, 3.8) is 0 Å². The molecule has 0 atom stereocenters. The van der Waals surface area contributed by atoms with Gasteiger partial charge in [-0.2, -0.15) is 0 Å². The molecule has 0 radical (unpaired) electrons. The number of carbonyl (C=O) groups is 1. The number of nitrogens with zero attached hydrogens (tertiary/aromatic N) is 3. The number of ether oxygens (including phenoxy) is 3. The summed E-state index contributed by atoms with van der Waals surface area (Å²) in [5.74, 6) is 0.834. The predicted octanol–water partition coefficient (Wildman–Crippen LogP) is 2.77. The van der Waals surface area contributed by atoms with Crippen molar-refractivity contribution in [2.24, 2.45) is 0 Å². The number of hydrogen-bond donors (Lipinski definition) is 1. The Labute approximate surface area is 151 Å². The number of nitrogens with one attached hydrogen (secondary N) is 1. The summed E-state index contributed by atoms with van der Waals surface area (Å²) in [5.41, 5.74) is 1.63. The zero-order valence-corrected chi connectivity index (χ0v) is 15.3. The Morgan fingerprint density at radius 1 is 1.16 bits per heavy atom. The quantitative estimate of drug-likeness (QED) is 0.700. The first kappa shape index (κ1) is 17.0. The zero-order chi connectivity index (χ0) is 18.0. The fourth-order valence-electron chi connectivity index (χ4n) is 2.39. The van der Waals surface area contributed by atoms with Crippen LogP contribution in [0.25, 0.3) is 5.65 Å². The van der Waals surface area contributed by atoms with E-state index in [1.165, 1.54) is 21.3 Å². The summed E-state index contributed by atoms with van der Waals surface area (Å²) < 4.78 is 18.1. The SMILES string of the molecule is COc1cc(C(=O)Nc2ccc3nncn3c2)c(Br)c(OC)c1OC. The first-order valence-electron chi connectivity index (χ1n) is 7.18. The highest BCUT2D eigenvalue weighted by Crippen LogP contribution is 2.44. The summed E-state index contributed by atoms with van der Waals surface area (Å²) in [6, 6.07) is 5.08. The Morgan fingerprint density at radius 3 is 2.60 bits per heavy atom. The maximum atomic E-state index is 12.7. The van der Waals surface area contributed by atoms with Crippen molar-refractivity contribution >= 4 is 33.2 Å². The standard InChI is InChI=1S/C16H15BrN4O4/c1-23-11-6-10(13(17)15(25-3)14(11)24-2)16(22)19-9-4-5-12-20-18-8-21(12)7-9/h4-8H,1-3H3,(H,19,22). The number of benzene rings is 1. The number of methoxy groups -OCH3 is 3. The molecule has 0 aliphatic heterocycles. The van der Waals surface area contributed by atoms with Gasteiger partial charge in [0, 0.05) is 6.20 Å². The third-order valence-corrected chi connectivity index (χ3v) is 4.35. The molecule has 1 amide bonds. The summed E-state index contributed by atoms with van der Waals surface area (Å²) in [6.45, 7) is 0. The maximum absolute atomic E-state index is 12.7. The zero-order valence-electron chi connectivity index (χ0n) is 13.7. The lowest BCUT2D eigenvalue weighted by molar-refractivity contribution is 0.102. The van der Waals surface area contributed by atoms with Crippen molar-refractivity contribution in [1.82, 2.24) is 14.6 Å². The topological polar surface area (TPSA) is 87.0 Å². The lowest BCUT2D eigenvalue weighted by atomic mass is 10.1. The molecule has 0 fully saturated rings. The van der Waals surface area contributed by atoms with E-state index in [2.05, 4.69) is 31.4 Å². The Balaban J connectivity index is 1.98. The van der Waals surface area contributed by atoms with Crippen LogP contribution in [0.15, 0.2) is 35.2 Å². The van der Waals surface area contributed by atoms with Crippen molar-refractivity contribution in [3.05, 3.63) is 40.8 Å². The van der Waals surface area contributed by atoms with Crippen LogP contribution in [-0.2, 0) is 0 Å². The minimum Gasteiger partial charge on any atom is -0.493 e. The third kappa shape index (κ3) is 3.10. The Bertz CT molecular complexity index is 941. The number of amides is 1. The summed E-state index contributed by atoms with van der Waals surface area (Å²) in [5, 5.41) is 10.5. The van der Waals surface area contributed by atoms with E-state index in [0.29, 0.717) is 38.6 Å². The third-order valence-electron chi connectivity index (χ3n) is 3.56. The second-order valence-electron chi connectivity index (χ2n) is 4.98. The van der Waals surface area contributed by atoms with Crippen molar-refractivity contribution in [3.8, 4) is 17.2 Å². The van der Waals surface area contributed by atoms with E-state index in [9.17, 15) is 4.79 Å². The molecule has 0 unspecified atom stereocenters. The van der Waals surface area contributed by atoms with Gasteiger partial charge in [-0.25, -0.2) is 0 Å². The Kier molecular flexibility index (Phi) is 4.75. The normalized spacial score (nSPS) is 10.6. The molecule has 1 aromatic carbocycles. The van der Waals surface area contributed by atoms with Crippen molar-refractivity contribution in [1.29, 1.82) is 0 Å². The van der Waals surface area contributed by atoms with Gasteiger partial charge in [0.2, 0.25) is 5.75 Å². The van der Waals surface area contributed by atoms with Crippen LogP contribution in [0.4, 0.5) is 5.69 Å². The molecule has 2 heterocycles. The molecule has 0 saturated heterocycles. The average Bonchev–Trinajstić information content (AvgIpc) is 3.08. The second-order valence-corrected chi connectivity index (χ2v) is 5.77. The lowest BCUT2D eigenvalue weighted by Gasteiger charge is -2.16. The van der Waals surface area contributed by atoms with E-state index in [-0.39, 0.29) is 5.91 Å². The fraction of sp³-hybridized carbons (Fsp3) is 0.188. The predicted molar refractivity (Wildman–Crippen MR) is 94.7 cm³/mol. The van der Waals surface area contributed by atoms with E-state index in [1.54, 1.807) is 35.1 Å². The first-order chi connectivity index (χ1) is 12.1. The van der Waals surface area contributed by atoms with Crippen molar-refractivity contribution in [2.45, 2.75) is 0 Å². The number of rotatable bonds is 5. The molecule has 2 aromatic heterocycles. The van der Waals surface area contributed by atoms with Gasteiger partial charge in [-0.15, -0.1) is 10.2 Å². The lowest BCUT2D eigenvalue weighted by Crippen LogP contribution is -2.14. The van der Waals surface area contributed by atoms with E-state index in [0.717, 1.165) is 0 Å². The summed E-state index contributed by atoms with van der Waals surface area (Å²) in [4.78, 5) is 12.7. The fourth-order valence-corrected chi connectivity index (χ4v) is 3.02. The monoisotopic (exact) mass is 406 g/mol.